The Kier molecular flexibility index (Phi) is 3.90. The average molecular weight is 280 g/mol. The lowest BCUT2D eigenvalue weighted by Gasteiger charge is -2.06. The van der Waals surface area contributed by atoms with Gasteiger partial charge in [-0.2, -0.15) is 0 Å². The second kappa shape index (κ2) is 5.42. The van der Waals surface area contributed by atoms with Gasteiger partial charge in [0.15, 0.2) is 0 Å². The number of carbonyl (C=O) groups is 1. The number of anilines is 1. The molecule has 1 amide bonds. The van der Waals surface area contributed by atoms with Crippen LogP contribution in [0.1, 0.15) is 15.9 Å². The van der Waals surface area contributed by atoms with Crippen molar-refractivity contribution >= 4 is 34.8 Å². The van der Waals surface area contributed by atoms with Crippen LogP contribution >= 0.6 is 23.2 Å². The van der Waals surface area contributed by atoms with Crippen molar-refractivity contribution in [3.8, 4) is 0 Å². The van der Waals surface area contributed by atoms with Crippen LogP contribution in [0.25, 0.3) is 0 Å². The van der Waals surface area contributed by atoms with E-state index in [0.29, 0.717) is 21.3 Å². The molecule has 0 aliphatic carbocycles. The van der Waals surface area contributed by atoms with Crippen molar-refractivity contribution in [2.24, 2.45) is 0 Å². The molecule has 2 aromatic carbocycles. The summed E-state index contributed by atoms with van der Waals surface area (Å²) in [6, 6.07) is 12.2. The van der Waals surface area contributed by atoms with E-state index in [2.05, 4.69) is 5.32 Å². The second-order valence-corrected chi connectivity index (χ2v) is 4.77. The fourth-order valence-electron chi connectivity index (χ4n) is 1.50. The van der Waals surface area contributed by atoms with Crippen molar-refractivity contribution in [2.75, 3.05) is 5.32 Å². The maximum Gasteiger partial charge on any atom is 0.255 e. The number of halogens is 2. The topological polar surface area (TPSA) is 29.1 Å². The molecule has 0 atom stereocenters. The largest absolute Gasteiger partial charge is 0.322 e. The highest BCUT2D eigenvalue weighted by atomic mass is 35.5. The number of aryl methyl sites for hydroxylation is 1. The maximum absolute atomic E-state index is 12.0. The fourth-order valence-corrected chi connectivity index (χ4v) is 1.87. The van der Waals surface area contributed by atoms with Gasteiger partial charge >= 0.3 is 0 Å². The summed E-state index contributed by atoms with van der Waals surface area (Å²) in [5, 5.41) is 3.92. The first-order chi connectivity index (χ1) is 8.56. The second-order valence-electron chi connectivity index (χ2n) is 3.93. The number of carbonyl (C=O) groups excluding carboxylic acids is 1. The number of amides is 1. The molecule has 2 aromatic rings. The summed E-state index contributed by atoms with van der Waals surface area (Å²) >= 11 is 11.8. The summed E-state index contributed by atoms with van der Waals surface area (Å²) in [5.41, 5.74) is 2.12. The molecule has 0 saturated heterocycles. The van der Waals surface area contributed by atoms with Crippen LogP contribution in [-0.4, -0.2) is 5.91 Å². The van der Waals surface area contributed by atoms with Crippen LogP contribution < -0.4 is 5.32 Å². The minimum absolute atomic E-state index is 0.209. The lowest BCUT2D eigenvalue weighted by Crippen LogP contribution is -2.11. The number of nitrogens with one attached hydrogen (secondary N) is 1. The average Bonchev–Trinajstić information content (AvgIpc) is 2.32. The predicted molar refractivity (Wildman–Crippen MR) is 75.6 cm³/mol. The Hall–Kier alpha value is -1.51. The smallest absolute Gasteiger partial charge is 0.255 e. The Morgan fingerprint density at radius 1 is 1.11 bits per heavy atom. The molecule has 0 aliphatic heterocycles. The summed E-state index contributed by atoms with van der Waals surface area (Å²) in [7, 11) is 0. The highest BCUT2D eigenvalue weighted by Gasteiger charge is 2.07. The van der Waals surface area contributed by atoms with Gasteiger partial charge in [-0.05, 0) is 42.8 Å². The third kappa shape index (κ3) is 3.03. The van der Waals surface area contributed by atoms with Gasteiger partial charge < -0.3 is 5.32 Å². The van der Waals surface area contributed by atoms with E-state index < -0.39 is 0 Å². The molecule has 92 valence electrons. The van der Waals surface area contributed by atoms with Crippen LogP contribution in [0.3, 0.4) is 0 Å². The van der Waals surface area contributed by atoms with Crippen molar-refractivity contribution in [2.45, 2.75) is 6.92 Å². The van der Waals surface area contributed by atoms with Gasteiger partial charge in [-0.25, -0.2) is 0 Å². The van der Waals surface area contributed by atoms with Crippen LogP contribution in [0.2, 0.25) is 10.0 Å². The van der Waals surface area contributed by atoms with E-state index in [1.165, 1.54) is 0 Å². The van der Waals surface area contributed by atoms with Crippen LogP contribution in [0, 0.1) is 6.92 Å². The lowest BCUT2D eigenvalue weighted by atomic mass is 10.1. The molecule has 2 nitrogen and oxygen atoms in total. The maximum atomic E-state index is 12.0. The standard InChI is InChI=1S/C14H11Cl2NO/c1-9-5-6-10(7-13(9)16)14(18)17-12-4-2-3-11(15)8-12/h2-8H,1H3,(H,17,18). The molecule has 0 heterocycles. The Morgan fingerprint density at radius 3 is 2.56 bits per heavy atom. The molecule has 0 aromatic heterocycles. The van der Waals surface area contributed by atoms with E-state index in [4.69, 9.17) is 23.2 Å². The summed E-state index contributed by atoms with van der Waals surface area (Å²) in [5.74, 6) is -0.209. The van der Waals surface area contributed by atoms with Gasteiger partial charge in [0.05, 0.1) is 0 Å². The quantitative estimate of drug-likeness (QED) is 0.858. The molecule has 0 radical (unpaired) electrons. The van der Waals surface area contributed by atoms with Gasteiger partial charge in [0.1, 0.15) is 0 Å². The molecule has 1 N–H and O–H groups in total. The molecule has 0 aliphatic rings. The number of hydrogen-bond acceptors (Lipinski definition) is 1. The van der Waals surface area contributed by atoms with Gasteiger partial charge in [0.25, 0.3) is 5.91 Å². The third-order valence-electron chi connectivity index (χ3n) is 2.52. The van der Waals surface area contributed by atoms with Crippen molar-refractivity contribution in [3.05, 3.63) is 63.6 Å². The van der Waals surface area contributed by atoms with Gasteiger partial charge in [0.2, 0.25) is 0 Å². The first-order valence-electron chi connectivity index (χ1n) is 5.39. The molecule has 4 heteroatoms. The zero-order chi connectivity index (χ0) is 13.1. The van der Waals surface area contributed by atoms with E-state index in [1.807, 2.05) is 13.0 Å². The highest BCUT2D eigenvalue weighted by Crippen LogP contribution is 2.19. The summed E-state index contributed by atoms with van der Waals surface area (Å²) < 4.78 is 0. The van der Waals surface area contributed by atoms with Crippen molar-refractivity contribution < 1.29 is 4.79 Å². The number of benzene rings is 2. The van der Waals surface area contributed by atoms with Gasteiger partial charge in [-0.3, -0.25) is 4.79 Å². The van der Waals surface area contributed by atoms with Gasteiger partial charge in [0, 0.05) is 21.3 Å². The lowest BCUT2D eigenvalue weighted by molar-refractivity contribution is 0.102. The molecule has 0 bridgehead atoms. The molecular weight excluding hydrogens is 269 g/mol. The van der Waals surface area contributed by atoms with Crippen LogP contribution in [0.5, 0.6) is 0 Å². The zero-order valence-corrected chi connectivity index (χ0v) is 11.2. The Labute approximate surface area is 116 Å². The summed E-state index contributed by atoms with van der Waals surface area (Å²) in [6.07, 6.45) is 0. The van der Waals surface area contributed by atoms with E-state index in [-0.39, 0.29) is 5.91 Å². The Balaban J connectivity index is 2.19. The molecule has 0 fully saturated rings. The first kappa shape index (κ1) is 12.9. The van der Waals surface area contributed by atoms with Crippen LogP contribution in [0.15, 0.2) is 42.5 Å². The van der Waals surface area contributed by atoms with Crippen LogP contribution in [0.4, 0.5) is 5.69 Å². The minimum atomic E-state index is -0.209. The molecule has 2 rings (SSSR count). The van der Waals surface area contributed by atoms with E-state index >= 15 is 0 Å². The van der Waals surface area contributed by atoms with E-state index in [1.54, 1.807) is 36.4 Å². The molecule has 18 heavy (non-hydrogen) atoms. The predicted octanol–water partition coefficient (Wildman–Crippen LogP) is 4.55. The normalized spacial score (nSPS) is 10.2. The first-order valence-corrected chi connectivity index (χ1v) is 6.15. The summed E-state index contributed by atoms with van der Waals surface area (Å²) in [4.78, 5) is 12.0. The summed E-state index contributed by atoms with van der Waals surface area (Å²) in [6.45, 7) is 1.89. The van der Waals surface area contributed by atoms with Crippen molar-refractivity contribution in [1.29, 1.82) is 0 Å². The van der Waals surface area contributed by atoms with Crippen molar-refractivity contribution in [1.82, 2.24) is 0 Å². The number of hydrogen-bond donors (Lipinski definition) is 1. The molecular formula is C14H11Cl2NO. The third-order valence-corrected chi connectivity index (χ3v) is 3.16. The van der Waals surface area contributed by atoms with Gasteiger partial charge in [-0.15, -0.1) is 0 Å². The van der Waals surface area contributed by atoms with E-state index in [9.17, 15) is 4.79 Å². The minimum Gasteiger partial charge on any atom is -0.322 e. The Morgan fingerprint density at radius 2 is 1.89 bits per heavy atom. The van der Waals surface area contributed by atoms with Gasteiger partial charge in [-0.1, -0.05) is 35.3 Å². The monoisotopic (exact) mass is 279 g/mol. The SMILES string of the molecule is Cc1ccc(C(=O)Nc2cccc(Cl)c2)cc1Cl. The fraction of sp³-hybridized carbons (Fsp3) is 0.0714. The van der Waals surface area contributed by atoms with E-state index in [0.717, 1.165) is 5.56 Å². The molecule has 0 unspecified atom stereocenters. The zero-order valence-electron chi connectivity index (χ0n) is 9.71. The number of rotatable bonds is 2. The Bertz CT molecular complexity index is 596. The molecule has 0 spiro atoms. The highest BCUT2D eigenvalue weighted by molar-refractivity contribution is 6.32. The van der Waals surface area contributed by atoms with Crippen molar-refractivity contribution in [3.63, 3.8) is 0 Å². The molecule has 0 saturated carbocycles. The van der Waals surface area contributed by atoms with Crippen LogP contribution in [-0.2, 0) is 0 Å².